The normalized spacial score (nSPS) is 14.9. The first-order chi connectivity index (χ1) is 9.78. The van der Waals surface area contributed by atoms with Gasteiger partial charge in [-0.1, -0.05) is 53.5 Å². The number of rotatable bonds is 5. The van der Waals surface area contributed by atoms with Gasteiger partial charge in [-0.2, -0.15) is 4.72 Å². The van der Waals surface area contributed by atoms with Crippen molar-refractivity contribution in [2.75, 3.05) is 5.88 Å². The van der Waals surface area contributed by atoms with E-state index in [1.165, 1.54) is 6.07 Å². The third kappa shape index (κ3) is 3.73. The lowest BCUT2D eigenvalue weighted by Gasteiger charge is -2.28. The van der Waals surface area contributed by atoms with E-state index in [9.17, 15) is 8.42 Å². The van der Waals surface area contributed by atoms with Crippen LogP contribution in [0.4, 0.5) is 0 Å². The van der Waals surface area contributed by atoms with Crippen molar-refractivity contribution in [2.45, 2.75) is 17.4 Å². The monoisotopic (exact) mass is 383 g/mol. The molecule has 0 radical (unpaired) electrons. The molecule has 1 aromatic heterocycles. The van der Waals surface area contributed by atoms with Gasteiger partial charge in [0.25, 0.3) is 0 Å². The first-order valence-corrected chi connectivity index (χ1v) is 9.48. The van der Waals surface area contributed by atoms with Gasteiger partial charge in [-0.25, -0.2) is 8.42 Å². The van der Waals surface area contributed by atoms with Crippen LogP contribution in [0.2, 0.25) is 8.67 Å². The van der Waals surface area contributed by atoms with E-state index in [1.807, 2.05) is 30.3 Å². The second-order valence-corrected chi connectivity index (χ2v) is 8.83. The number of alkyl halides is 1. The SMILES string of the molecule is CC(CCl)(NS(=O)(=O)c1cc(Cl)sc1Cl)c1ccccc1. The molecule has 0 fully saturated rings. The Labute approximate surface area is 142 Å². The Morgan fingerprint density at radius 1 is 1.24 bits per heavy atom. The quantitative estimate of drug-likeness (QED) is 0.772. The fourth-order valence-electron chi connectivity index (χ4n) is 1.83. The molecule has 0 saturated carbocycles. The van der Waals surface area contributed by atoms with Gasteiger partial charge in [0.05, 0.1) is 9.88 Å². The molecule has 0 spiro atoms. The summed E-state index contributed by atoms with van der Waals surface area (Å²) in [7, 11) is -3.83. The standard InChI is InChI=1S/C13H12Cl3NO2S2/c1-13(8-14,9-5-3-2-4-6-9)17-21(18,19)10-7-11(15)20-12(10)16/h2-7,17H,8H2,1H3. The molecule has 1 heterocycles. The molecule has 1 aromatic carbocycles. The zero-order chi connectivity index (χ0) is 15.7. The van der Waals surface area contributed by atoms with Crippen molar-refractivity contribution >= 4 is 56.2 Å². The molecule has 0 aliphatic heterocycles. The molecule has 1 atom stereocenters. The van der Waals surface area contributed by atoms with Crippen LogP contribution < -0.4 is 4.72 Å². The molecular formula is C13H12Cl3NO2S2. The molecule has 0 saturated heterocycles. The lowest BCUT2D eigenvalue weighted by Crippen LogP contribution is -2.44. The van der Waals surface area contributed by atoms with Crippen LogP contribution >= 0.6 is 46.1 Å². The number of nitrogens with one attached hydrogen (secondary N) is 1. The first kappa shape index (κ1) is 17.1. The zero-order valence-corrected chi connectivity index (χ0v) is 14.8. The number of benzene rings is 1. The largest absolute Gasteiger partial charge is 0.243 e. The molecule has 0 bridgehead atoms. The van der Waals surface area contributed by atoms with Crippen molar-refractivity contribution in [3.05, 3.63) is 50.6 Å². The lowest BCUT2D eigenvalue weighted by atomic mass is 9.96. The number of halogens is 3. The highest BCUT2D eigenvalue weighted by molar-refractivity contribution is 7.89. The Kier molecular flexibility index (Phi) is 5.23. The van der Waals surface area contributed by atoms with Crippen LogP contribution in [-0.2, 0) is 15.6 Å². The molecule has 0 amide bonds. The minimum atomic E-state index is -3.83. The topological polar surface area (TPSA) is 46.2 Å². The molecule has 1 N–H and O–H groups in total. The minimum Gasteiger partial charge on any atom is -0.207 e. The second-order valence-electron chi connectivity index (χ2n) is 4.63. The predicted molar refractivity (Wildman–Crippen MR) is 89.2 cm³/mol. The third-order valence-electron chi connectivity index (χ3n) is 2.95. The van der Waals surface area contributed by atoms with E-state index in [0.29, 0.717) is 4.34 Å². The van der Waals surface area contributed by atoms with Crippen LogP contribution in [-0.4, -0.2) is 14.3 Å². The minimum absolute atomic E-state index is 0.0357. The molecule has 1 unspecified atom stereocenters. The summed E-state index contributed by atoms with van der Waals surface area (Å²) in [6.07, 6.45) is 0. The van der Waals surface area contributed by atoms with Crippen molar-refractivity contribution in [3.63, 3.8) is 0 Å². The van der Waals surface area contributed by atoms with Crippen LogP contribution in [0.15, 0.2) is 41.3 Å². The molecule has 114 valence electrons. The Morgan fingerprint density at radius 3 is 2.33 bits per heavy atom. The summed E-state index contributed by atoms with van der Waals surface area (Å²) in [5.74, 6) is 0.0751. The molecule has 8 heteroatoms. The predicted octanol–water partition coefficient (Wildman–Crippen LogP) is 4.49. The summed E-state index contributed by atoms with van der Waals surface area (Å²) < 4.78 is 28.1. The van der Waals surface area contributed by atoms with Crippen molar-refractivity contribution in [3.8, 4) is 0 Å². The van der Waals surface area contributed by atoms with Gasteiger partial charge in [-0.15, -0.1) is 22.9 Å². The summed E-state index contributed by atoms with van der Waals surface area (Å²) in [6, 6.07) is 10.4. The van der Waals surface area contributed by atoms with E-state index in [2.05, 4.69) is 4.72 Å². The van der Waals surface area contributed by atoms with Crippen molar-refractivity contribution in [2.24, 2.45) is 0 Å². The molecule has 0 aliphatic carbocycles. The van der Waals surface area contributed by atoms with Crippen molar-refractivity contribution in [1.82, 2.24) is 4.72 Å². The number of thiophene rings is 1. The van der Waals surface area contributed by atoms with Crippen LogP contribution in [0, 0.1) is 0 Å². The van der Waals surface area contributed by atoms with Gasteiger partial charge in [-0.3, -0.25) is 0 Å². The van der Waals surface area contributed by atoms with Gasteiger partial charge in [-0.05, 0) is 18.6 Å². The van der Waals surface area contributed by atoms with Crippen LogP contribution in [0.1, 0.15) is 12.5 Å². The molecule has 2 aromatic rings. The Morgan fingerprint density at radius 2 is 1.86 bits per heavy atom. The van der Waals surface area contributed by atoms with Crippen molar-refractivity contribution in [1.29, 1.82) is 0 Å². The number of sulfonamides is 1. The van der Waals surface area contributed by atoms with Gasteiger partial charge in [0.1, 0.15) is 9.23 Å². The smallest absolute Gasteiger partial charge is 0.207 e. The molecule has 2 rings (SSSR count). The highest BCUT2D eigenvalue weighted by Gasteiger charge is 2.33. The summed E-state index contributed by atoms with van der Waals surface area (Å²) in [4.78, 5) is -0.0357. The summed E-state index contributed by atoms with van der Waals surface area (Å²) >= 11 is 18.7. The Bertz CT molecular complexity index is 731. The van der Waals surface area contributed by atoms with E-state index in [1.54, 1.807) is 6.92 Å². The zero-order valence-electron chi connectivity index (χ0n) is 10.9. The van der Waals surface area contributed by atoms with Crippen LogP contribution in [0.25, 0.3) is 0 Å². The number of hydrogen-bond acceptors (Lipinski definition) is 3. The van der Waals surface area contributed by atoms with Crippen LogP contribution in [0.3, 0.4) is 0 Å². The fourth-order valence-corrected chi connectivity index (χ4v) is 5.68. The van der Waals surface area contributed by atoms with Gasteiger partial charge >= 0.3 is 0 Å². The Balaban J connectivity index is 2.40. The van der Waals surface area contributed by atoms with E-state index in [4.69, 9.17) is 34.8 Å². The maximum Gasteiger partial charge on any atom is 0.243 e. The maximum atomic E-state index is 12.5. The van der Waals surface area contributed by atoms with Crippen molar-refractivity contribution < 1.29 is 8.42 Å². The second kappa shape index (κ2) is 6.44. The summed E-state index contributed by atoms with van der Waals surface area (Å²) in [5, 5.41) is 0. The van der Waals surface area contributed by atoms with E-state index in [-0.39, 0.29) is 15.1 Å². The highest BCUT2D eigenvalue weighted by Crippen LogP contribution is 2.35. The average Bonchev–Trinajstić information content (AvgIpc) is 2.79. The molecule has 0 aliphatic rings. The highest BCUT2D eigenvalue weighted by atomic mass is 35.5. The van der Waals surface area contributed by atoms with Gasteiger partial charge < -0.3 is 0 Å². The van der Waals surface area contributed by atoms with Gasteiger partial charge in [0, 0.05) is 5.88 Å². The van der Waals surface area contributed by atoms with E-state index in [0.717, 1.165) is 16.9 Å². The summed E-state index contributed by atoms with van der Waals surface area (Å²) in [6.45, 7) is 1.72. The Hall–Kier alpha value is -0.300. The number of hydrogen-bond donors (Lipinski definition) is 1. The van der Waals surface area contributed by atoms with Gasteiger partial charge in [0.15, 0.2) is 0 Å². The van der Waals surface area contributed by atoms with Gasteiger partial charge in [0.2, 0.25) is 10.0 Å². The maximum absolute atomic E-state index is 12.5. The fraction of sp³-hybridized carbons (Fsp3) is 0.231. The van der Waals surface area contributed by atoms with Crippen LogP contribution in [0.5, 0.6) is 0 Å². The molecule has 21 heavy (non-hydrogen) atoms. The average molecular weight is 385 g/mol. The molecular weight excluding hydrogens is 373 g/mol. The molecule has 3 nitrogen and oxygen atoms in total. The van der Waals surface area contributed by atoms with E-state index >= 15 is 0 Å². The summed E-state index contributed by atoms with van der Waals surface area (Å²) in [5.41, 5.74) is -0.180. The third-order valence-corrected chi connectivity index (χ3v) is 6.84. The van der Waals surface area contributed by atoms with E-state index < -0.39 is 15.6 Å². The first-order valence-electron chi connectivity index (χ1n) is 5.89. The lowest BCUT2D eigenvalue weighted by molar-refractivity contribution is 0.477.